The van der Waals surface area contributed by atoms with E-state index in [1.54, 1.807) is 25.2 Å². The van der Waals surface area contributed by atoms with Crippen molar-refractivity contribution in [2.45, 2.75) is 13.0 Å². The maximum atomic E-state index is 12.0. The van der Waals surface area contributed by atoms with Crippen LogP contribution in [0.3, 0.4) is 0 Å². The molecular weight excluding hydrogens is 228 g/mol. The first-order valence-electron chi connectivity index (χ1n) is 5.08. The number of hydrogen-bond donors (Lipinski definition) is 2. The van der Waals surface area contributed by atoms with Crippen LogP contribution in [0.4, 0.5) is 8.78 Å². The van der Waals surface area contributed by atoms with Gasteiger partial charge in [0.15, 0.2) is 5.96 Å². The standard InChI is InChI=1S/C11H15F2N3O/c1-15-11(14)16-6-8-3-2-4-9(5-8)17-7-10(12)13/h2-5,10H,6-7H2,1H3,(H3,14,15,16). The monoisotopic (exact) mass is 243 g/mol. The number of nitrogens with zero attached hydrogens (tertiary/aromatic N) is 1. The summed E-state index contributed by atoms with van der Waals surface area (Å²) in [5.41, 5.74) is 6.34. The zero-order chi connectivity index (χ0) is 12.7. The van der Waals surface area contributed by atoms with Crippen LogP contribution in [0.2, 0.25) is 0 Å². The van der Waals surface area contributed by atoms with Gasteiger partial charge >= 0.3 is 0 Å². The molecule has 0 aliphatic carbocycles. The second kappa shape index (κ2) is 6.67. The van der Waals surface area contributed by atoms with E-state index in [0.717, 1.165) is 5.56 Å². The first-order chi connectivity index (χ1) is 8.11. The summed E-state index contributed by atoms with van der Waals surface area (Å²) < 4.78 is 28.8. The fraction of sp³-hybridized carbons (Fsp3) is 0.364. The van der Waals surface area contributed by atoms with Crippen LogP contribution < -0.4 is 15.8 Å². The minimum absolute atomic E-state index is 0.323. The topological polar surface area (TPSA) is 59.6 Å². The maximum Gasteiger partial charge on any atom is 0.272 e. The van der Waals surface area contributed by atoms with Gasteiger partial charge in [-0.25, -0.2) is 8.78 Å². The molecule has 0 saturated carbocycles. The van der Waals surface area contributed by atoms with Gasteiger partial charge < -0.3 is 15.8 Å². The number of guanidine groups is 1. The van der Waals surface area contributed by atoms with Crippen molar-refractivity contribution < 1.29 is 13.5 Å². The summed E-state index contributed by atoms with van der Waals surface area (Å²) in [4.78, 5) is 3.74. The predicted octanol–water partition coefficient (Wildman–Crippen LogP) is 1.36. The number of alkyl halides is 2. The Morgan fingerprint density at radius 2 is 2.29 bits per heavy atom. The van der Waals surface area contributed by atoms with Crippen molar-refractivity contribution in [3.05, 3.63) is 29.8 Å². The van der Waals surface area contributed by atoms with Crippen molar-refractivity contribution in [3.8, 4) is 5.75 Å². The number of rotatable bonds is 5. The van der Waals surface area contributed by atoms with Crippen molar-refractivity contribution in [2.75, 3.05) is 13.7 Å². The molecule has 0 unspecified atom stereocenters. The van der Waals surface area contributed by atoms with Gasteiger partial charge in [0.2, 0.25) is 0 Å². The number of halogens is 2. The minimum atomic E-state index is -2.47. The lowest BCUT2D eigenvalue weighted by atomic mass is 10.2. The summed E-state index contributed by atoms with van der Waals surface area (Å²) in [6, 6.07) is 6.88. The van der Waals surface area contributed by atoms with E-state index in [-0.39, 0.29) is 0 Å². The van der Waals surface area contributed by atoms with Crippen molar-refractivity contribution in [2.24, 2.45) is 10.7 Å². The fourth-order valence-corrected chi connectivity index (χ4v) is 1.18. The van der Waals surface area contributed by atoms with Crippen LogP contribution >= 0.6 is 0 Å². The highest BCUT2D eigenvalue weighted by Crippen LogP contribution is 2.13. The maximum absolute atomic E-state index is 12.0. The molecule has 0 saturated heterocycles. The Hall–Kier alpha value is -1.85. The first-order valence-corrected chi connectivity index (χ1v) is 5.08. The molecule has 0 amide bonds. The van der Waals surface area contributed by atoms with Gasteiger partial charge in [0.1, 0.15) is 12.4 Å². The van der Waals surface area contributed by atoms with Gasteiger partial charge in [0, 0.05) is 13.6 Å². The highest BCUT2D eigenvalue weighted by molar-refractivity contribution is 5.77. The molecule has 1 aromatic rings. The first kappa shape index (κ1) is 13.2. The fourth-order valence-electron chi connectivity index (χ4n) is 1.18. The molecule has 0 spiro atoms. The Morgan fingerprint density at radius 3 is 2.94 bits per heavy atom. The van der Waals surface area contributed by atoms with E-state index < -0.39 is 13.0 Å². The average molecular weight is 243 g/mol. The number of benzene rings is 1. The number of nitrogens with two attached hydrogens (primary N) is 1. The molecule has 0 heterocycles. The smallest absolute Gasteiger partial charge is 0.272 e. The molecule has 17 heavy (non-hydrogen) atoms. The molecule has 4 nitrogen and oxygen atoms in total. The van der Waals surface area contributed by atoms with E-state index in [0.29, 0.717) is 18.3 Å². The third-order valence-electron chi connectivity index (χ3n) is 1.99. The van der Waals surface area contributed by atoms with Crippen LogP contribution in [0, 0.1) is 0 Å². The quantitative estimate of drug-likeness (QED) is 0.606. The number of hydrogen-bond acceptors (Lipinski definition) is 2. The SMILES string of the molecule is CN=C(N)NCc1cccc(OCC(F)F)c1. The van der Waals surface area contributed by atoms with Crippen molar-refractivity contribution in [3.63, 3.8) is 0 Å². The normalized spacial score (nSPS) is 11.6. The highest BCUT2D eigenvalue weighted by Gasteiger charge is 2.04. The van der Waals surface area contributed by atoms with Gasteiger partial charge in [-0.1, -0.05) is 12.1 Å². The van der Waals surface area contributed by atoms with Crippen LogP contribution in [-0.2, 0) is 6.54 Å². The molecule has 0 atom stereocenters. The van der Waals surface area contributed by atoms with E-state index in [1.807, 2.05) is 6.07 Å². The summed E-state index contributed by atoms with van der Waals surface area (Å²) in [6.07, 6.45) is -2.47. The van der Waals surface area contributed by atoms with Crippen LogP contribution in [0.1, 0.15) is 5.56 Å². The lowest BCUT2D eigenvalue weighted by molar-refractivity contribution is 0.0818. The molecule has 0 aliphatic heterocycles. The Kier molecular flexibility index (Phi) is 5.19. The lowest BCUT2D eigenvalue weighted by Gasteiger charge is -2.08. The van der Waals surface area contributed by atoms with Crippen LogP contribution in [0.25, 0.3) is 0 Å². The third kappa shape index (κ3) is 5.14. The van der Waals surface area contributed by atoms with Crippen LogP contribution in [0.5, 0.6) is 5.75 Å². The van der Waals surface area contributed by atoms with Crippen molar-refractivity contribution >= 4 is 5.96 Å². The highest BCUT2D eigenvalue weighted by atomic mass is 19.3. The number of nitrogens with one attached hydrogen (secondary N) is 1. The van der Waals surface area contributed by atoms with Crippen molar-refractivity contribution in [1.82, 2.24) is 5.32 Å². The molecule has 94 valence electrons. The van der Waals surface area contributed by atoms with Crippen LogP contribution in [-0.4, -0.2) is 26.0 Å². The summed E-state index contributed by atoms with van der Waals surface area (Å²) >= 11 is 0. The Labute approximate surface area is 98.5 Å². The van der Waals surface area contributed by atoms with Gasteiger partial charge in [-0.2, -0.15) is 0 Å². The van der Waals surface area contributed by atoms with Gasteiger partial charge in [-0.15, -0.1) is 0 Å². The number of aliphatic imine (C=N–C) groups is 1. The van der Waals surface area contributed by atoms with Crippen LogP contribution in [0.15, 0.2) is 29.3 Å². The molecular formula is C11H15F2N3O. The van der Waals surface area contributed by atoms with Gasteiger partial charge in [0.05, 0.1) is 0 Å². The summed E-state index contributed by atoms with van der Waals surface area (Å²) in [5, 5.41) is 2.86. The largest absolute Gasteiger partial charge is 0.488 e. The molecule has 1 aromatic carbocycles. The van der Waals surface area contributed by atoms with E-state index in [9.17, 15) is 8.78 Å². The average Bonchev–Trinajstić information content (AvgIpc) is 2.34. The third-order valence-corrected chi connectivity index (χ3v) is 1.99. The second-order valence-electron chi connectivity index (χ2n) is 3.31. The minimum Gasteiger partial charge on any atom is -0.488 e. The van der Waals surface area contributed by atoms with E-state index >= 15 is 0 Å². The second-order valence-corrected chi connectivity index (χ2v) is 3.31. The summed E-state index contributed by atoms with van der Waals surface area (Å²) in [7, 11) is 1.57. The molecule has 0 fully saturated rings. The van der Waals surface area contributed by atoms with E-state index in [1.165, 1.54) is 0 Å². The Bertz CT molecular complexity index is 383. The van der Waals surface area contributed by atoms with Gasteiger partial charge in [-0.05, 0) is 17.7 Å². The van der Waals surface area contributed by atoms with Gasteiger partial charge in [-0.3, -0.25) is 4.99 Å². The Morgan fingerprint density at radius 1 is 1.53 bits per heavy atom. The van der Waals surface area contributed by atoms with Crippen molar-refractivity contribution in [1.29, 1.82) is 0 Å². The molecule has 1 rings (SSSR count). The summed E-state index contributed by atoms with van der Waals surface area (Å²) in [5.74, 6) is 0.737. The Balaban J connectivity index is 2.53. The molecule has 0 radical (unpaired) electrons. The lowest BCUT2D eigenvalue weighted by Crippen LogP contribution is -2.30. The van der Waals surface area contributed by atoms with E-state index in [2.05, 4.69) is 10.3 Å². The molecule has 0 aromatic heterocycles. The zero-order valence-corrected chi connectivity index (χ0v) is 9.49. The predicted molar refractivity (Wildman–Crippen MR) is 62.3 cm³/mol. The molecule has 0 bridgehead atoms. The van der Waals surface area contributed by atoms with E-state index in [4.69, 9.17) is 10.5 Å². The molecule has 0 aliphatic rings. The number of ether oxygens (including phenoxy) is 1. The molecule has 6 heteroatoms. The zero-order valence-electron chi connectivity index (χ0n) is 9.49. The molecule has 3 N–H and O–H groups in total. The van der Waals surface area contributed by atoms with Gasteiger partial charge in [0.25, 0.3) is 6.43 Å². The summed E-state index contributed by atoms with van der Waals surface area (Å²) in [6.45, 7) is -0.134.